The summed E-state index contributed by atoms with van der Waals surface area (Å²) in [6.07, 6.45) is 10.1. The van der Waals surface area contributed by atoms with E-state index >= 15 is 0 Å². The summed E-state index contributed by atoms with van der Waals surface area (Å²) in [6, 6.07) is 0.363. The molecule has 134 valence electrons. The van der Waals surface area contributed by atoms with Crippen LogP contribution in [0.5, 0.6) is 0 Å². The first-order valence-electron chi connectivity index (χ1n) is 9.49. The number of nitrogens with zero attached hydrogens (tertiary/aromatic N) is 3. The molecule has 1 aliphatic heterocycles. The summed E-state index contributed by atoms with van der Waals surface area (Å²) in [5, 5.41) is 14.8. The maximum absolute atomic E-state index is 12.5. The number of piperidine rings is 1. The molecule has 0 radical (unpaired) electrons. The van der Waals surface area contributed by atoms with E-state index in [9.17, 15) is 4.79 Å². The van der Waals surface area contributed by atoms with Crippen molar-refractivity contribution in [2.24, 2.45) is 11.3 Å². The normalized spacial score (nSPS) is 21.3. The third-order valence-electron chi connectivity index (χ3n) is 5.56. The van der Waals surface area contributed by atoms with Crippen LogP contribution in [-0.2, 0) is 0 Å². The van der Waals surface area contributed by atoms with Crippen LogP contribution in [0.3, 0.4) is 0 Å². The average Bonchev–Trinajstić information content (AvgIpc) is 3.23. The van der Waals surface area contributed by atoms with Gasteiger partial charge in [-0.25, -0.2) is 4.68 Å². The highest BCUT2D eigenvalue weighted by atomic mass is 16.2. The minimum absolute atomic E-state index is 0.0785. The molecule has 0 spiro atoms. The van der Waals surface area contributed by atoms with E-state index in [4.69, 9.17) is 0 Å². The van der Waals surface area contributed by atoms with E-state index in [1.165, 1.54) is 32.1 Å². The molecule has 2 fully saturated rings. The van der Waals surface area contributed by atoms with Crippen molar-refractivity contribution in [1.29, 1.82) is 0 Å². The summed E-state index contributed by atoms with van der Waals surface area (Å²) < 4.78 is 1.87. The molecule has 0 unspecified atom stereocenters. The zero-order valence-electron chi connectivity index (χ0n) is 15.1. The second kappa shape index (κ2) is 7.64. The molecule has 6 nitrogen and oxygen atoms in total. The highest BCUT2D eigenvalue weighted by molar-refractivity contribution is 5.91. The van der Waals surface area contributed by atoms with Gasteiger partial charge in [-0.15, -0.1) is 5.10 Å². The fraction of sp³-hybridized carbons (Fsp3) is 0.833. The van der Waals surface area contributed by atoms with Crippen molar-refractivity contribution in [3.05, 3.63) is 11.9 Å². The molecule has 1 aliphatic carbocycles. The van der Waals surface area contributed by atoms with Crippen molar-refractivity contribution >= 4 is 5.91 Å². The number of amides is 1. The molecule has 2 N–H and O–H groups in total. The quantitative estimate of drug-likeness (QED) is 0.839. The predicted octanol–water partition coefficient (Wildman–Crippen LogP) is 2.54. The highest BCUT2D eigenvalue weighted by Gasteiger charge is 2.34. The Morgan fingerprint density at radius 2 is 2.08 bits per heavy atom. The molecular weight excluding hydrogens is 302 g/mol. The first kappa shape index (κ1) is 17.4. The smallest absolute Gasteiger partial charge is 0.273 e. The van der Waals surface area contributed by atoms with E-state index in [1.807, 2.05) is 10.9 Å². The van der Waals surface area contributed by atoms with E-state index in [1.54, 1.807) is 0 Å². The molecule has 1 amide bonds. The van der Waals surface area contributed by atoms with Crippen LogP contribution < -0.4 is 10.6 Å². The van der Waals surface area contributed by atoms with Gasteiger partial charge in [-0.05, 0) is 56.5 Å². The summed E-state index contributed by atoms with van der Waals surface area (Å²) in [5.41, 5.74) is 0.737. The fourth-order valence-corrected chi connectivity index (χ4v) is 4.43. The van der Waals surface area contributed by atoms with Crippen LogP contribution >= 0.6 is 0 Å². The maximum Gasteiger partial charge on any atom is 0.273 e. The number of carbonyl (C=O) groups is 1. The molecule has 0 atom stereocenters. The Hall–Kier alpha value is -1.43. The van der Waals surface area contributed by atoms with Crippen molar-refractivity contribution in [3.8, 4) is 0 Å². The van der Waals surface area contributed by atoms with Gasteiger partial charge in [-0.3, -0.25) is 4.79 Å². The first-order chi connectivity index (χ1) is 11.6. The van der Waals surface area contributed by atoms with Crippen molar-refractivity contribution < 1.29 is 4.79 Å². The zero-order chi connectivity index (χ0) is 17.0. The van der Waals surface area contributed by atoms with Crippen molar-refractivity contribution in [2.45, 2.75) is 64.8 Å². The van der Waals surface area contributed by atoms with Crippen molar-refractivity contribution in [2.75, 3.05) is 19.6 Å². The summed E-state index contributed by atoms with van der Waals surface area (Å²) in [7, 11) is 0. The molecule has 1 saturated heterocycles. The SMILES string of the molecule is CC(C)CC1(CNC(=O)c2cn(C3CCNCC3)nn2)CCCC1. The number of nitrogens with one attached hydrogen (secondary N) is 2. The van der Waals surface area contributed by atoms with Gasteiger partial charge >= 0.3 is 0 Å². The average molecular weight is 333 g/mol. The maximum atomic E-state index is 12.5. The summed E-state index contributed by atoms with van der Waals surface area (Å²) in [6.45, 7) is 7.32. The molecular formula is C18H31N5O. The number of rotatable bonds is 6. The largest absolute Gasteiger partial charge is 0.350 e. The van der Waals surface area contributed by atoms with Crippen molar-refractivity contribution in [3.63, 3.8) is 0 Å². The van der Waals surface area contributed by atoms with E-state index in [0.717, 1.165) is 32.5 Å². The Kier molecular flexibility index (Phi) is 5.54. The Bertz CT molecular complexity index is 541. The number of hydrogen-bond acceptors (Lipinski definition) is 4. The number of carbonyl (C=O) groups excluding carboxylic acids is 1. The lowest BCUT2D eigenvalue weighted by Crippen LogP contribution is -2.37. The molecule has 2 aliphatic rings. The van der Waals surface area contributed by atoms with Crippen LogP contribution in [0, 0.1) is 11.3 Å². The number of hydrogen-bond donors (Lipinski definition) is 2. The van der Waals surface area contributed by atoms with Gasteiger partial charge < -0.3 is 10.6 Å². The van der Waals surface area contributed by atoms with Crippen LogP contribution in [0.2, 0.25) is 0 Å². The molecule has 3 rings (SSSR count). The second-order valence-corrected chi connectivity index (χ2v) is 8.05. The highest BCUT2D eigenvalue weighted by Crippen LogP contribution is 2.42. The Morgan fingerprint density at radius 3 is 2.75 bits per heavy atom. The minimum Gasteiger partial charge on any atom is -0.350 e. The topological polar surface area (TPSA) is 71.8 Å². The Labute approximate surface area is 144 Å². The predicted molar refractivity (Wildman–Crippen MR) is 93.9 cm³/mol. The summed E-state index contributed by atoms with van der Waals surface area (Å²) in [4.78, 5) is 12.5. The van der Waals surface area contributed by atoms with Gasteiger partial charge in [0.2, 0.25) is 0 Å². The van der Waals surface area contributed by atoms with Gasteiger partial charge in [0, 0.05) is 6.54 Å². The van der Waals surface area contributed by atoms with Crippen LogP contribution in [0.4, 0.5) is 0 Å². The van der Waals surface area contributed by atoms with Crippen LogP contribution in [0.15, 0.2) is 6.20 Å². The fourth-order valence-electron chi connectivity index (χ4n) is 4.43. The Balaban J connectivity index is 1.57. The molecule has 6 heteroatoms. The molecule has 0 aromatic carbocycles. The first-order valence-corrected chi connectivity index (χ1v) is 9.49. The van der Waals surface area contributed by atoms with Crippen molar-refractivity contribution in [1.82, 2.24) is 25.6 Å². The summed E-state index contributed by atoms with van der Waals surface area (Å²) >= 11 is 0. The van der Waals surface area contributed by atoms with Gasteiger partial charge in [0.25, 0.3) is 5.91 Å². The molecule has 1 aromatic heterocycles. The van der Waals surface area contributed by atoms with Gasteiger partial charge in [0.05, 0.1) is 12.2 Å². The molecule has 0 bridgehead atoms. The van der Waals surface area contributed by atoms with Gasteiger partial charge in [-0.1, -0.05) is 31.9 Å². The molecule has 24 heavy (non-hydrogen) atoms. The van der Waals surface area contributed by atoms with Gasteiger partial charge in [0.15, 0.2) is 5.69 Å². The lowest BCUT2D eigenvalue weighted by Gasteiger charge is -2.31. The molecule has 1 saturated carbocycles. The minimum atomic E-state index is -0.0785. The third kappa shape index (κ3) is 4.15. The Morgan fingerprint density at radius 1 is 1.38 bits per heavy atom. The monoisotopic (exact) mass is 333 g/mol. The van der Waals surface area contributed by atoms with Gasteiger partial charge in [-0.2, -0.15) is 0 Å². The lowest BCUT2D eigenvalue weighted by molar-refractivity contribution is 0.0916. The van der Waals surface area contributed by atoms with E-state index in [-0.39, 0.29) is 11.3 Å². The van der Waals surface area contributed by atoms with E-state index in [2.05, 4.69) is 34.8 Å². The van der Waals surface area contributed by atoms with Crippen LogP contribution in [-0.4, -0.2) is 40.5 Å². The zero-order valence-corrected chi connectivity index (χ0v) is 15.1. The third-order valence-corrected chi connectivity index (χ3v) is 5.56. The number of aromatic nitrogens is 3. The van der Waals surface area contributed by atoms with Crippen LogP contribution in [0.1, 0.15) is 75.3 Å². The standard InChI is InChI=1S/C18H31N5O/c1-14(2)11-18(7-3-4-8-18)13-20-17(24)16-12-23(22-21-16)15-5-9-19-10-6-15/h12,14-15,19H,3-11,13H2,1-2H3,(H,20,24). The molecule has 1 aromatic rings. The summed E-state index contributed by atoms with van der Waals surface area (Å²) in [5.74, 6) is 0.589. The lowest BCUT2D eigenvalue weighted by atomic mass is 9.78. The van der Waals surface area contributed by atoms with E-state index < -0.39 is 0 Å². The second-order valence-electron chi connectivity index (χ2n) is 8.05. The van der Waals surface area contributed by atoms with Crippen LogP contribution in [0.25, 0.3) is 0 Å². The van der Waals surface area contributed by atoms with E-state index in [0.29, 0.717) is 17.7 Å². The molecule has 2 heterocycles. The van der Waals surface area contributed by atoms with Gasteiger partial charge in [0.1, 0.15) is 0 Å².